The van der Waals surface area contributed by atoms with Gasteiger partial charge in [-0.3, -0.25) is 0 Å². The average Bonchev–Trinajstić information content (AvgIpc) is 3.44. The van der Waals surface area contributed by atoms with E-state index in [1.807, 2.05) is 64.1 Å². The highest BCUT2D eigenvalue weighted by Crippen LogP contribution is 2.36. The predicted molar refractivity (Wildman–Crippen MR) is 130 cm³/mol. The fraction of sp³-hybridized carbons (Fsp3) is 0.348. The molecule has 4 aromatic rings. The normalized spacial score (nSPS) is 13.1. The van der Waals surface area contributed by atoms with Crippen molar-refractivity contribution in [3.8, 4) is 11.5 Å². The molecule has 10 heteroatoms. The molecule has 0 bridgehead atoms. The van der Waals surface area contributed by atoms with E-state index in [2.05, 4.69) is 14.8 Å². The van der Waals surface area contributed by atoms with Gasteiger partial charge in [-0.1, -0.05) is 43.8 Å². The standard InChI is InChI=1S/C23H27N5O3S2/c1-5-27(6-2)33(29,30)18-13-14-20-19(15-18)24-23(28(20)7-3)32-16(4)21-25-26-22(31-21)17-11-9-8-10-12-17/h8-16H,5-7H2,1-4H3/t16-/m0/s1. The van der Waals surface area contributed by atoms with E-state index in [4.69, 9.17) is 9.40 Å². The lowest BCUT2D eigenvalue weighted by Gasteiger charge is -2.18. The van der Waals surface area contributed by atoms with Gasteiger partial charge in [-0.2, -0.15) is 4.31 Å². The van der Waals surface area contributed by atoms with Crippen molar-refractivity contribution in [3.63, 3.8) is 0 Å². The minimum atomic E-state index is -3.55. The third-order valence-electron chi connectivity index (χ3n) is 5.44. The molecule has 0 aliphatic heterocycles. The zero-order chi connectivity index (χ0) is 23.6. The predicted octanol–water partition coefficient (Wildman–Crippen LogP) is 4.99. The highest BCUT2D eigenvalue weighted by atomic mass is 32.2. The van der Waals surface area contributed by atoms with Crippen molar-refractivity contribution in [2.75, 3.05) is 13.1 Å². The van der Waals surface area contributed by atoms with Gasteiger partial charge in [0.15, 0.2) is 5.16 Å². The van der Waals surface area contributed by atoms with E-state index in [0.717, 1.165) is 16.2 Å². The summed E-state index contributed by atoms with van der Waals surface area (Å²) in [5.74, 6) is 0.992. The molecule has 0 aliphatic carbocycles. The van der Waals surface area contributed by atoms with Gasteiger partial charge in [0.1, 0.15) is 0 Å². The van der Waals surface area contributed by atoms with Gasteiger partial charge in [-0.25, -0.2) is 13.4 Å². The highest BCUT2D eigenvalue weighted by molar-refractivity contribution is 7.99. The number of aromatic nitrogens is 4. The molecular weight excluding hydrogens is 458 g/mol. The van der Waals surface area contributed by atoms with Crippen molar-refractivity contribution in [3.05, 3.63) is 54.4 Å². The summed E-state index contributed by atoms with van der Waals surface area (Å²) in [5, 5.41) is 9.05. The summed E-state index contributed by atoms with van der Waals surface area (Å²) in [5.41, 5.74) is 2.41. The maximum Gasteiger partial charge on any atom is 0.247 e. The summed E-state index contributed by atoms with van der Waals surface area (Å²) >= 11 is 1.51. The molecule has 0 saturated carbocycles. The van der Waals surface area contributed by atoms with Crippen LogP contribution in [-0.2, 0) is 16.6 Å². The van der Waals surface area contributed by atoms with Crippen LogP contribution in [0.15, 0.2) is 63.0 Å². The Kier molecular flexibility index (Phi) is 6.87. The number of rotatable bonds is 9. The smallest absolute Gasteiger partial charge is 0.247 e. The lowest BCUT2D eigenvalue weighted by atomic mass is 10.2. The number of aryl methyl sites for hydroxylation is 1. The summed E-state index contributed by atoms with van der Waals surface area (Å²) in [6.07, 6.45) is 0. The molecule has 2 aromatic heterocycles. The molecule has 33 heavy (non-hydrogen) atoms. The topological polar surface area (TPSA) is 94.1 Å². The first kappa shape index (κ1) is 23.5. The number of nitrogens with zero attached hydrogens (tertiary/aromatic N) is 5. The molecular formula is C23H27N5O3S2. The van der Waals surface area contributed by atoms with Crippen LogP contribution in [0.1, 0.15) is 38.8 Å². The van der Waals surface area contributed by atoms with Crippen molar-refractivity contribution >= 4 is 32.8 Å². The molecule has 8 nitrogen and oxygen atoms in total. The van der Waals surface area contributed by atoms with Crippen molar-refractivity contribution in [2.45, 2.75) is 49.5 Å². The molecule has 0 saturated heterocycles. The van der Waals surface area contributed by atoms with Crippen molar-refractivity contribution in [1.82, 2.24) is 24.1 Å². The zero-order valence-electron chi connectivity index (χ0n) is 19.1. The third-order valence-corrected chi connectivity index (χ3v) is 8.56. The maximum absolute atomic E-state index is 12.9. The average molecular weight is 486 g/mol. The SMILES string of the molecule is CCN(CC)S(=O)(=O)c1ccc2c(c1)nc(S[C@@H](C)c1nnc(-c3ccccc3)o1)n2CC. The summed E-state index contributed by atoms with van der Waals surface area (Å²) in [4.78, 5) is 5.01. The summed E-state index contributed by atoms with van der Waals surface area (Å²) in [7, 11) is -3.55. The van der Waals surface area contributed by atoms with Gasteiger partial charge in [0.25, 0.3) is 0 Å². The van der Waals surface area contributed by atoms with Crippen LogP contribution in [0.4, 0.5) is 0 Å². The van der Waals surface area contributed by atoms with Crippen LogP contribution in [-0.4, -0.2) is 45.6 Å². The van der Waals surface area contributed by atoms with Crippen LogP contribution in [0, 0.1) is 0 Å². The Morgan fingerprint density at radius 2 is 1.79 bits per heavy atom. The van der Waals surface area contributed by atoms with E-state index in [-0.39, 0.29) is 10.1 Å². The van der Waals surface area contributed by atoms with Crippen LogP contribution < -0.4 is 0 Å². The third kappa shape index (κ3) is 4.55. The number of hydrogen-bond donors (Lipinski definition) is 0. The molecule has 0 aliphatic rings. The van der Waals surface area contributed by atoms with Gasteiger partial charge in [-0.05, 0) is 44.2 Å². The second kappa shape index (κ2) is 9.66. The zero-order valence-corrected chi connectivity index (χ0v) is 20.7. The molecule has 2 heterocycles. The minimum Gasteiger partial charge on any atom is -0.419 e. The van der Waals surface area contributed by atoms with Gasteiger partial charge in [0, 0.05) is 25.2 Å². The number of benzene rings is 2. The Morgan fingerprint density at radius 3 is 2.45 bits per heavy atom. The van der Waals surface area contributed by atoms with E-state index in [1.54, 1.807) is 12.1 Å². The number of sulfonamides is 1. The molecule has 2 aromatic carbocycles. The van der Waals surface area contributed by atoms with Crippen LogP contribution in [0.5, 0.6) is 0 Å². The summed E-state index contributed by atoms with van der Waals surface area (Å²) < 4.78 is 35.3. The largest absolute Gasteiger partial charge is 0.419 e. The van der Waals surface area contributed by atoms with Gasteiger partial charge in [-0.15, -0.1) is 10.2 Å². The van der Waals surface area contributed by atoms with Crippen molar-refractivity contribution in [2.24, 2.45) is 0 Å². The highest BCUT2D eigenvalue weighted by Gasteiger charge is 2.24. The Bertz CT molecular complexity index is 1350. The summed E-state index contributed by atoms with van der Waals surface area (Å²) in [6.45, 7) is 9.25. The first-order valence-electron chi connectivity index (χ1n) is 10.9. The monoisotopic (exact) mass is 485 g/mol. The first-order valence-corrected chi connectivity index (χ1v) is 13.3. The Balaban J connectivity index is 1.63. The molecule has 174 valence electrons. The number of fused-ring (bicyclic) bond motifs is 1. The molecule has 0 N–H and O–H groups in total. The molecule has 0 fully saturated rings. The van der Waals surface area contributed by atoms with Crippen molar-refractivity contribution in [1.29, 1.82) is 0 Å². The molecule has 4 rings (SSSR count). The lowest BCUT2D eigenvalue weighted by Crippen LogP contribution is -2.30. The fourth-order valence-corrected chi connectivity index (χ4v) is 6.16. The molecule has 1 atom stereocenters. The van der Waals surface area contributed by atoms with E-state index in [1.165, 1.54) is 16.1 Å². The molecule has 0 amide bonds. The van der Waals surface area contributed by atoms with Crippen molar-refractivity contribution < 1.29 is 12.8 Å². The second-order valence-corrected chi connectivity index (χ2v) is 10.7. The number of hydrogen-bond acceptors (Lipinski definition) is 7. The van der Waals surface area contributed by atoms with Crippen LogP contribution in [0.3, 0.4) is 0 Å². The van der Waals surface area contributed by atoms with Gasteiger partial charge >= 0.3 is 0 Å². The molecule has 0 unspecified atom stereocenters. The lowest BCUT2D eigenvalue weighted by molar-refractivity contribution is 0.445. The molecule has 0 radical (unpaired) electrons. The van der Waals surface area contributed by atoms with Crippen LogP contribution in [0.2, 0.25) is 0 Å². The molecule has 0 spiro atoms. The number of imidazole rings is 1. The Labute approximate surface area is 198 Å². The summed E-state index contributed by atoms with van der Waals surface area (Å²) in [6, 6.07) is 14.8. The Hall–Kier alpha value is -2.69. The van der Waals surface area contributed by atoms with E-state index in [0.29, 0.717) is 36.9 Å². The van der Waals surface area contributed by atoms with Gasteiger partial charge in [0.2, 0.25) is 21.8 Å². The van der Waals surface area contributed by atoms with Gasteiger partial charge in [0.05, 0.1) is 21.2 Å². The van der Waals surface area contributed by atoms with E-state index >= 15 is 0 Å². The number of thioether (sulfide) groups is 1. The maximum atomic E-state index is 12.9. The van der Waals surface area contributed by atoms with Gasteiger partial charge < -0.3 is 8.98 Å². The minimum absolute atomic E-state index is 0.129. The fourth-order valence-electron chi connectivity index (χ4n) is 3.66. The quantitative estimate of drug-likeness (QED) is 0.308. The van der Waals surface area contributed by atoms with Crippen LogP contribution >= 0.6 is 11.8 Å². The first-order chi connectivity index (χ1) is 15.9. The van der Waals surface area contributed by atoms with Crippen LogP contribution in [0.25, 0.3) is 22.5 Å². The van der Waals surface area contributed by atoms with E-state index < -0.39 is 10.0 Å². The second-order valence-electron chi connectivity index (χ2n) is 7.45. The van der Waals surface area contributed by atoms with E-state index in [9.17, 15) is 8.42 Å². The Morgan fingerprint density at radius 1 is 1.06 bits per heavy atom.